The van der Waals surface area contributed by atoms with E-state index in [9.17, 15) is 14.4 Å². The van der Waals surface area contributed by atoms with E-state index in [0.29, 0.717) is 24.3 Å². The summed E-state index contributed by atoms with van der Waals surface area (Å²) in [5.41, 5.74) is 2.11. The lowest BCUT2D eigenvalue weighted by molar-refractivity contribution is -0.136. The number of carbonyl (C=O) groups is 3. The molecule has 2 aromatic rings. The van der Waals surface area contributed by atoms with Gasteiger partial charge in [0.05, 0.1) is 0 Å². The predicted octanol–water partition coefficient (Wildman–Crippen LogP) is 3.90. The van der Waals surface area contributed by atoms with Crippen LogP contribution in [0.5, 0.6) is 0 Å². The Hall–Kier alpha value is -2.99. The van der Waals surface area contributed by atoms with Crippen molar-refractivity contribution in [2.45, 2.75) is 38.6 Å². The Labute approximate surface area is 189 Å². The van der Waals surface area contributed by atoms with E-state index in [1.54, 1.807) is 24.3 Å². The fourth-order valence-corrected chi connectivity index (χ4v) is 4.79. The Balaban J connectivity index is 1.48. The molecular weight excluding hydrogens is 402 g/mol. The average Bonchev–Trinajstić information content (AvgIpc) is 3.35. The lowest BCUT2D eigenvalue weighted by Gasteiger charge is -2.37. The highest BCUT2D eigenvalue weighted by Crippen LogP contribution is 2.30. The molecule has 0 bridgehead atoms. The number of hydrogen-bond acceptors (Lipinski definition) is 4. The summed E-state index contributed by atoms with van der Waals surface area (Å²) in [7, 11) is 0. The Bertz CT molecular complexity index is 961. The molecule has 0 aromatic heterocycles. The second kappa shape index (κ2) is 10.1. The van der Waals surface area contributed by atoms with E-state index >= 15 is 0 Å². The summed E-state index contributed by atoms with van der Waals surface area (Å²) in [5, 5.41) is 3.00. The molecule has 0 saturated carbocycles. The molecule has 6 heteroatoms. The van der Waals surface area contributed by atoms with Crippen LogP contribution in [0, 0.1) is 5.92 Å². The molecule has 2 heterocycles. The van der Waals surface area contributed by atoms with Gasteiger partial charge in [0.25, 0.3) is 0 Å². The number of amides is 2. The van der Waals surface area contributed by atoms with Gasteiger partial charge in [0.2, 0.25) is 11.8 Å². The number of carbonyl (C=O) groups excluding carboxylic acids is 3. The fourth-order valence-electron chi connectivity index (χ4n) is 4.79. The van der Waals surface area contributed by atoms with Crippen molar-refractivity contribution in [2.75, 3.05) is 31.5 Å². The maximum absolute atomic E-state index is 13.4. The number of nitrogens with one attached hydrogen (secondary N) is 1. The van der Waals surface area contributed by atoms with Crippen molar-refractivity contribution in [1.29, 1.82) is 0 Å². The Morgan fingerprint density at radius 2 is 1.59 bits per heavy atom. The molecule has 2 amide bonds. The zero-order valence-electron chi connectivity index (χ0n) is 18.6. The van der Waals surface area contributed by atoms with E-state index in [-0.39, 0.29) is 23.5 Å². The molecule has 4 rings (SSSR count). The summed E-state index contributed by atoms with van der Waals surface area (Å²) in [6.07, 6.45) is 3.74. The van der Waals surface area contributed by atoms with Crippen molar-refractivity contribution in [1.82, 2.24) is 9.80 Å². The molecule has 32 heavy (non-hydrogen) atoms. The Morgan fingerprint density at radius 1 is 0.906 bits per heavy atom. The second-order valence-corrected chi connectivity index (χ2v) is 8.78. The number of likely N-dealkylation sites (tertiary alicyclic amines) is 2. The highest BCUT2D eigenvalue weighted by molar-refractivity contribution is 5.98. The molecule has 2 fully saturated rings. The van der Waals surface area contributed by atoms with Crippen LogP contribution in [0.3, 0.4) is 0 Å². The number of nitrogens with zero attached hydrogens (tertiary/aromatic N) is 2. The minimum atomic E-state index is -0.444. The molecule has 1 N–H and O–H groups in total. The molecule has 2 aliphatic heterocycles. The molecule has 2 saturated heterocycles. The number of hydrogen-bond donors (Lipinski definition) is 1. The number of anilines is 1. The van der Waals surface area contributed by atoms with E-state index in [1.165, 1.54) is 6.92 Å². The molecule has 2 aromatic carbocycles. The molecule has 0 spiro atoms. The molecule has 6 nitrogen and oxygen atoms in total. The van der Waals surface area contributed by atoms with Crippen LogP contribution in [0.1, 0.15) is 54.6 Å². The summed E-state index contributed by atoms with van der Waals surface area (Å²) >= 11 is 0. The molecule has 0 radical (unpaired) electrons. The first-order chi connectivity index (χ1) is 15.5. The third-order valence-corrected chi connectivity index (χ3v) is 6.56. The quantitative estimate of drug-likeness (QED) is 0.702. The maximum Gasteiger partial charge on any atom is 0.246 e. The van der Waals surface area contributed by atoms with E-state index in [4.69, 9.17) is 0 Å². The number of ketones is 1. The van der Waals surface area contributed by atoms with Crippen LogP contribution < -0.4 is 5.32 Å². The second-order valence-electron chi connectivity index (χ2n) is 8.78. The van der Waals surface area contributed by atoms with Gasteiger partial charge in [0.15, 0.2) is 5.78 Å². The SMILES string of the molecule is CC(=O)c1cccc(NC(=O)C(c2ccccc2)N2CCC(C(=O)N3CCCC3)CC2)c1. The third-order valence-electron chi connectivity index (χ3n) is 6.56. The van der Waals surface area contributed by atoms with Gasteiger partial charge in [-0.05, 0) is 63.4 Å². The number of Topliss-reactive ketones (excluding diaryl/α,β-unsaturated/α-hetero) is 1. The van der Waals surface area contributed by atoms with Crippen molar-refractivity contribution in [3.8, 4) is 0 Å². The first kappa shape index (κ1) is 22.2. The number of benzene rings is 2. The molecule has 2 aliphatic rings. The summed E-state index contributed by atoms with van der Waals surface area (Å²) in [6, 6.07) is 16.3. The van der Waals surface area contributed by atoms with Gasteiger partial charge in [-0.15, -0.1) is 0 Å². The monoisotopic (exact) mass is 433 g/mol. The molecule has 1 atom stereocenters. The topological polar surface area (TPSA) is 69.7 Å². The van der Waals surface area contributed by atoms with Crippen LogP contribution in [-0.4, -0.2) is 53.6 Å². The van der Waals surface area contributed by atoms with Crippen LogP contribution in [0.25, 0.3) is 0 Å². The standard InChI is InChI=1S/C26H31N3O3/c1-19(30)22-10-7-11-23(18-22)27-25(31)24(20-8-3-2-4-9-20)28-16-12-21(13-17-28)26(32)29-14-5-6-15-29/h2-4,7-11,18,21,24H,5-6,12-17H2,1H3,(H,27,31). The molecule has 0 aliphatic carbocycles. The van der Waals surface area contributed by atoms with Crippen LogP contribution in [0.15, 0.2) is 54.6 Å². The van der Waals surface area contributed by atoms with E-state index < -0.39 is 6.04 Å². The molecule has 1 unspecified atom stereocenters. The Kier molecular flexibility index (Phi) is 7.00. The summed E-state index contributed by atoms with van der Waals surface area (Å²) in [4.78, 5) is 42.1. The van der Waals surface area contributed by atoms with Gasteiger partial charge in [0.1, 0.15) is 6.04 Å². The van der Waals surface area contributed by atoms with Crippen molar-refractivity contribution in [3.05, 3.63) is 65.7 Å². The highest BCUT2D eigenvalue weighted by atomic mass is 16.2. The smallest absolute Gasteiger partial charge is 0.246 e. The zero-order chi connectivity index (χ0) is 22.5. The van der Waals surface area contributed by atoms with Crippen molar-refractivity contribution in [2.24, 2.45) is 5.92 Å². The first-order valence-corrected chi connectivity index (χ1v) is 11.5. The highest BCUT2D eigenvalue weighted by Gasteiger charge is 2.35. The lowest BCUT2D eigenvalue weighted by Crippen LogP contribution is -2.45. The van der Waals surface area contributed by atoms with Crippen molar-refractivity contribution in [3.63, 3.8) is 0 Å². The number of rotatable bonds is 6. The predicted molar refractivity (Wildman–Crippen MR) is 124 cm³/mol. The molecular formula is C26H31N3O3. The van der Waals surface area contributed by atoms with Gasteiger partial charge in [0, 0.05) is 30.3 Å². The molecule has 168 valence electrons. The number of piperidine rings is 1. The van der Waals surface area contributed by atoms with Gasteiger partial charge in [-0.1, -0.05) is 42.5 Å². The van der Waals surface area contributed by atoms with E-state index in [0.717, 1.165) is 44.3 Å². The minimum Gasteiger partial charge on any atom is -0.342 e. The summed E-state index contributed by atoms with van der Waals surface area (Å²) in [5.74, 6) is 0.173. The van der Waals surface area contributed by atoms with Crippen LogP contribution in [-0.2, 0) is 9.59 Å². The third kappa shape index (κ3) is 5.07. The maximum atomic E-state index is 13.4. The van der Waals surface area contributed by atoms with Gasteiger partial charge < -0.3 is 10.2 Å². The first-order valence-electron chi connectivity index (χ1n) is 11.5. The van der Waals surface area contributed by atoms with E-state index in [1.807, 2.05) is 35.2 Å². The van der Waals surface area contributed by atoms with Gasteiger partial charge in [-0.25, -0.2) is 0 Å². The Morgan fingerprint density at radius 3 is 2.25 bits per heavy atom. The van der Waals surface area contributed by atoms with Gasteiger partial charge in [-0.2, -0.15) is 0 Å². The van der Waals surface area contributed by atoms with E-state index in [2.05, 4.69) is 10.2 Å². The summed E-state index contributed by atoms with van der Waals surface area (Å²) < 4.78 is 0. The summed E-state index contributed by atoms with van der Waals surface area (Å²) in [6.45, 7) is 4.68. The van der Waals surface area contributed by atoms with Crippen molar-refractivity contribution >= 4 is 23.3 Å². The average molecular weight is 434 g/mol. The van der Waals surface area contributed by atoms with Crippen molar-refractivity contribution < 1.29 is 14.4 Å². The van der Waals surface area contributed by atoms with Crippen LogP contribution in [0.4, 0.5) is 5.69 Å². The zero-order valence-corrected chi connectivity index (χ0v) is 18.6. The van der Waals surface area contributed by atoms with Gasteiger partial charge in [-0.3, -0.25) is 19.3 Å². The normalized spacial score (nSPS) is 18.3. The largest absolute Gasteiger partial charge is 0.342 e. The fraction of sp³-hybridized carbons (Fsp3) is 0.423. The van der Waals surface area contributed by atoms with Gasteiger partial charge >= 0.3 is 0 Å². The van der Waals surface area contributed by atoms with Crippen LogP contribution >= 0.6 is 0 Å². The van der Waals surface area contributed by atoms with Crippen LogP contribution in [0.2, 0.25) is 0 Å². The lowest BCUT2D eigenvalue weighted by atomic mass is 9.92. The minimum absolute atomic E-state index is 0.0366.